The summed E-state index contributed by atoms with van der Waals surface area (Å²) in [6, 6.07) is 0. The quantitative estimate of drug-likeness (QED) is 0.382. The Morgan fingerprint density at radius 1 is 0.950 bits per heavy atom. The monoisotopic (exact) mass is 280 g/mol. The van der Waals surface area contributed by atoms with Crippen molar-refractivity contribution in [3.8, 4) is 0 Å². The van der Waals surface area contributed by atoms with E-state index in [1.807, 2.05) is 0 Å². The highest BCUT2D eigenvalue weighted by molar-refractivity contribution is 4.94. The van der Waals surface area contributed by atoms with Crippen LogP contribution in [0.3, 0.4) is 0 Å². The second-order valence-corrected chi connectivity index (χ2v) is 6.81. The minimum atomic E-state index is 0.852. The molecule has 0 rings (SSSR count). The van der Waals surface area contributed by atoms with E-state index in [1.54, 1.807) is 0 Å². The molecular formula is C20H40. The van der Waals surface area contributed by atoms with Crippen molar-refractivity contribution in [2.75, 3.05) is 0 Å². The smallest absolute Gasteiger partial charge is 0.0323 e. The fraction of sp³-hybridized carbons (Fsp3) is 0.800. The third-order valence-corrected chi connectivity index (χ3v) is 3.66. The summed E-state index contributed by atoms with van der Waals surface area (Å²) in [5.41, 5.74) is 2.93. The molecule has 0 unspecified atom stereocenters. The van der Waals surface area contributed by atoms with Gasteiger partial charge in [-0.3, -0.25) is 0 Å². The van der Waals surface area contributed by atoms with Crippen molar-refractivity contribution in [3.05, 3.63) is 23.8 Å². The first-order valence-electron chi connectivity index (χ1n) is 8.61. The van der Waals surface area contributed by atoms with E-state index in [0.29, 0.717) is 0 Å². The molecule has 0 saturated heterocycles. The van der Waals surface area contributed by atoms with E-state index in [2.05, 4.69) is 61.1 Å². The van der Waals surface area contributed by atoms with Crippen LogP contribution in [0.2, 0.25) is 0 Å². The molecule has 0 aromatic carbocycles. The topological polar surface area (TPSA) is 0 Å². The lowest BCUT2D eigenvalue weighted by Gasteiger charge is -2.04. The molecule has 0 saturated carbocycles. The Labute approximate surface area is 129 Å². The van der Waals surface area contributed by atoms with Gasteiger partial charge in [0.1, 0.15) is 0 Å². The van der Waals surface area contributed by atoms with E-state index < -0.39 is 0 Å². The molecule has 0 aromatic heterocycles. The standard InChI is InChI=1S/2C10H20/c2*1-5-10(4)8-6-7-9(2)3/h5,9H,6-8H2,1-4H3;9H,4-8H2,1-3H3/b10-5+;. The van der Waals surface area contributed by atoms with Gasteiger partial charge in [0.2, 0.25) is 0 Å². The molecule has 120 valence electrons. The molecule has 0 spiro atoms. The zero-order chi connectivity index (χ0) is 16.0. The van der Waals surface area contributed by atoms with Crippen molar-refractivity contribution in [2.24, 2.45) is 11.8 Å². The first kappa shape index (κ1) is 21.8. The molecule has 20 heavy (non-hydrogen) atoms. The molecule has 0 aromatic rings. The van der Waals surface area contributed by atoms with Crippen LogP contribution < -0.4 is 0 Å². The maximum absolute atomic E-state index is 3.97. The molecule has 0 radical (unpaired) electrons. The van der Waals surface area contributed by atoms with Crippen LogP contribution in [-0.4, -0.2) is 0 Å². The summed E-state index contributed by atoms with van der Waals surface area (Å²) in [4.78, 5) is 0. The lowest BCUT2D eigenvalue weighted by atomic mass is 10.0. The first-order chi connectivity index (χ1) is 9.33. The summed E-state index contributed by atoms with van der Waals surface area (Å²) in [6.45, 7) is 19.6. The van der Waals surface area contributed by atoms with Crippen molar-refractivity contribution < 1.29 is 0 Å². The maximum Gasteiger partial charge on any atom is -0.0323 e. The molecule has 0 nitrogen and oxygen atoms in total. The van der Waals surface area contributed by atoms with Gasteiger partial charge < -0.3 is 0 Å². The highest BCUT2D eigenvalue weighted by atomic mass is 14.0. The summed E-state index contributed by atoms with van der Waals surface area (Å²) in [5, 5.41) is 0. The van der Waals surface area contributed by atoms with Crippen LogP contribution in [0.4, 0.5) is 0 Å². The molecule has 0 aliphatic carbocycles. The molecule has 0 fully saturated rings. The predicted octanol–water partition coefficient (Wildman–Crippen LogP) is 7.56. The Morgan fingerprint density at radius 3 is 1.75 bits per heavy atom. The summed E-state index contributed by atoms with van der Waals surface area (Å²) >= 11 is 0. The molecule has 0 amide bonds. The first-order valence-corrected chi connectivity index (χ1v) is 8.61. The van der Waals surface area contributed by atoms with Crippen molar-refractivity contribution >= 4 is 0 Å². The molecule has 0 atom stereocenters. The minimum Gasteiger partial charge on any atom is -0.0999 e. The van der Waals surface area contributed by atoms with Gasteiger partial charge in [-0.2, -0.15) is 0 Å². The van der Waals surface area contributed by atoms with Crippen LogP contribution >= 0.6 is 0 Å². The Balaban J connectivity index is 0. The van der Waals surface area contributed by atoms with Gasteiger partial charge >= 0.3 is 0 Å². The molecule has 0 N–H and O–H groups in total. The molecule has 0 aliphatic rings. The van der Waals surface area contributed by atoms with E-state index >= 15 is 0 Å². The van der Waals surface area contributed by atoms with Crippen LogP contribution in [0, 0.1) is 11.8 Å². The number of hydrogen-bond acceptors (Lipinski definition) is 0. The van der Waals surface area contributed by atoms with Crippen molar-refractivity contribution in [2.45, 2.75) is 93.4 Å². The lowest BCUT2D eigenvalue weighted by molar-refractivity contribution is 0.552. The van der Waals surface area contributed by atoms with E-state index in [4.69, 9.17) is 0 Å². The highest BCUT2D eigenvalue weighted by Gasteiger charge is 1.95. The van der Waals surface area contributed by atoms with E-state index in [0.717, 1.165) is 18.3 Å². The SMILES string of the molecule is C/C=C(\C)CCCC(C)C.C=C(CC)CCCC(C)C. The van der Waals surface area contributed by atoms with Gasteiger partial charge in [-0.25, -0.2) is 0 Å². The van der Waals surface area contributed by atoms with Gasteiger partial charge in [0.15, 0.2) is 0 Å². The fourth-order valence-electron chi connectivity index (χ4n) is 1.87. The van der Waals surface area contributed by atoms with Crippen LogP contribution in [0.1, 0.15) is 93.4 Å². The zero-order valence-corrected chi connectivity index (χ0v) is 15.4. The van der Waals surface area contributed by atoms with E-state index in [9.17, 15) is 0 Å². The van der Waals surface area contributed by atoms with Gasteiger partial charge in [-0.1, -0.05) is 71.3 Å². The predicted molar refractivity (Wildman–Crippen MR) is 96.2 cm³/mol. The van der Waals surface area contributed by atoms with Crippen molar-refractivity contribution in [1.29, 1.82) is 0 Å². The number of rotatable bonds is 9. The summed E-state index contributed by atoms with van der Waals surface area (Å²) in [5.74, 6) is 1.72. The summed E-state index contributed by atoms with van der Waals surface area (Å²) in [6.07, 6.45) is 11.3. The van der Waals surface area contributed by atoms with Gasteiger partial charge in [-0.05, 0) is 57.8 Å². The number of hydrogen-bond donors (Lipinski definition) is 0. The van der Waals surface area contributed by atoms with Crippen molar-refractivity contribution in [1.82, 2.24) is 0 Å². The Morgan fingerprint density at radius 2 is 1.40 bits per heavy atom. The normalized spacial score (nSPS) is 11.6. The second-order valence-electron chi connectivity index (χ2n) is 6.81. The maximum atomic E-state index is 3.97. The molecule has 0 bridgehead atoms. The van der Waals surface area contributed by atoms with Gasteiger partial charge in [0.25, 0.3) is 0 Å². The van der Waals surface area contributed by atoms with Crippen molar-refractivity contribution in [3.63, 3.8) is 0 Å². The molecular weight excluding hydrogens is 240 g/mol. The Kier molecular flexibility index (Phi) is 16.2. The van der Waals surface area contributed by atoms with Crippen LogP contribution in [0.25, 0.3) is 0 Å². The van der Waals surface area contributed by atoms with Crippen LogP contribution in [0.15, 0.2) is 23.8 Å². The Hall–Kier alpha value is -0.520. The average molecular weight is 281 g/mol. The van der Waals surface area contributed by atoms with Gasteiger partial charge in [0.05, 0.1) is 0 Å². The third kappa shape index (κ3) is 19.8. The zero-order valence-electron chi connectivity index (χ0n) is 15.4. The van der Waals surface area contributed by atoms with Gasteiger partial charge in [0, 0.05) is 0 Å². The van der Waals surface area contributed by atoms with E-state index in [1.165, 1.54) is 49.7 Å². The van der Waals surface area contributed by atoms with Crippen LogP contribution in [-0.2, 0) is 0 Å². The minimum absolute atomic E-state index is 0.852. The third-order valence-electron chi connectivity index (χ3n) is 3.66. The molecule has 0 heterocycles. The summed E-state index contributed by atoms with van der Waals surface area (Å²) in [7, 11) is 0. The highest BCUT2D eigenvalue weighted by Crippen LogP contribution is 2.12. The molecule has 0 aliphatic heterocycles. The second kappa shape index (κ2) is 14.9. The average Bonchev–Trinajstić information content (AvgIpc) is 2.38. The van der Waals surface area contributed by atoms with E-state index in [-0.39, 0.29) is 0 Å². The van der Waals surface area contributed by atoms with Crippen LogP contribution in [0.5, 0.6) is 0 Å². The molecule has 0 heteroatoms. The summed E-state index contributed by atoms with van der Waals surface area (Å²) < 4.78 is 0. The van der Waals surface area contributed by atoms with Gasteiger partial charge in [-0.15, -0.1) is 0 Å². The lowest BCUT2D eigenvalue weighted by Crippen LogP contribution is -1.87. The largest absolute Gasteiger partial charge is 0.0999 e. The fourth-order valence-corrected chi connectivity index (χ4v) is 1.87. The Bertz CT molecular complexity index is 243. The number of allylic oxidation sites excluding steroid dienone is 3.